The summed E-state index contributed by atoms with van der Waals surface area (Å²) in [4.78, 5) is 6.96. The van der Waals surface area contributed by atoms with Gasteiger partial charge in [0, 0.05) is 30.0 Å². The summed E-state index contributed by atoms with van der Waals surface area (Å²) in [6, 6.07) is 14.5. The van der Waals surface area contributed by atoms with Gasteiger partial charge in [0.1, 0.15) is 0 Å². The van der Waals surface area contributed by atoms with Crippen molar-refractivity contribution in [1.82, 2.24) is 0 Å². The van der Waals surface area contributed by atoms with E-state index in [4.69, 9.17) is 11.6 Å². The third-order valence-corrected chi connectivity index (χ3v) is 4.54. The molecule has 0 bridgehead atoms. The third kappa shape index (κ3) is 3.69. The van der Waals surface area contributed by atoms with Crippen LogP contribution in [0.15, 0.2) is 47.5 Å². The number of halogens is 1. The molecule has 1 aliphatic heterocycles. The first-order valence-electron chi connectivity index (χ1n) is 7.87. The van der Waals surface area contributed by atoms with E-state index in [0.29, 0.717) is 0 Å². The molecule has 0 spiro atoms. The van der Waals surface area contributed by atoms with Gasteiger partial charge in [0.15, 0.2) is 0 Å². The van der Waals surface area contributed by atoms with E-state index in [9.17, 15) is 0 Å². The van der Waals surface area contributed by atoms with Crippen molar-refractivity contribution in [2.45, 2.75) is 26.2 Å². The topological polar surface area (TPSA) is 15.6 Å². The lowest BCUT2D eigenvalue weighted by Gasteiger charge is -2.28. The molecule has 0 aromatic heterocycles. The van der Waals surface area contributed by atoms with Crippen LogP contribution in [-0.2, 0) is 0 Å². The van der Waals surface area contributed by atoms with Crippen molar-refractivity contribution in [3.63, 3.8) is 0 Å². The van der Waals surface area contributed by atoms with Gasteiger partial charge in [0.25, 0.3) is 0 Å². The number of hydrogen-bond acceptors (Lipinski definition) is 2. The Morgan fingerprint density at radius 1 is 1.00 bits per heavy atom. The molecular weight excluding hydrogens is 292 g/mol. The van der Waals surface area contributed by atoms with Crippen molar-refractivity contribution < 1.29 is 0 Å². The number of rotatable bonds is 3. The highest BCUT2D eigenvalue weighted by molar-refractivity contribution is 6.31. The minimum Gasteiger partial charge on any atom is -0.372 e. The van der Waals surface area contributed by atoms with Gasteiger partial charge in [-0.25, -0.2) is 0 Å². The Hall–Kier alpha value is -1.80. The first-order valence-corrected chi connectivity index (χ1v) is 8.25. The van der Waals surface area contributed by atoms with Crippen LogP contribution in [-0.4, -0.2) is 19.3 Å². The molecule has 0 aliphatic carbocycles. The molecule has 0 atom stereocenters. The summed E-state index contributed by atoms with van der Waals surface area (Å²) in [5.74, 6) is 0. The number of hydrogen-bond donors (Lipinski definition) is 0. The predicted octanol–water partition coefficient (Wildman–Crippen LogP) is 5.39. The van der Waals surface area contributed by atoms with E-state index in [2.05, 4.69) is 34.2 Å². The number of aliphatic imine (C=N–C) groups is 1. The van der Waals surface area contributed by atoms with Gasteiger partial charge in [-0.3, -0.25) is 4.99 Å². The summed E-state index contributed by atoms with van der Waals surface area (Å²) in [6.07, 6.45) is 5.86. The highest BCUT2D eigenvalue weighted by atomic mass is 35.5. The number of aryl methyl sites for hydroxylation is 1. The summed E-state index contributed by atoms with van der Waals surface area (Å²) in [7, 11) is 0. The second-order valence-electron chi connectivity index (χ2n) is 5.83. The highest BCUT2D eigenvalue weighted by Gasteiger charge is 2.10. The van der Waals surface area contributed by atoms with Crippen molar-refractivity contribution in [2.75, 3.05) is 18.0 Å². The number of benzene rings is 2. The molecule has 2 aromatic rings. The molecule has 1 heterocycles. The lowest BCUT2D eigenvalue weighted by Crippen LogP contribution is -2.29. The molecule has 0 N–H and O–H groups in total. The van der Waals surface area contributed by atoms with Gasteiger partial charge < -0.3 is 4.90 Å². The maximum Gasteiger partial charge on any atom is 0.0644 e. The largest absolute Gasteiger partial charge is 0.372 e. The minimum atomic E-state index is 0.759. The smallest absolute Gasteiger partial charge is 0.0644 e. The van der Waals surface area contributed by atoms with Crippen LogP contribution in [0.2, 0.25) is 5.02 Å². The summed E-state index contributed by atoms with van der Waals surface area (Å²) in [6.45, 7) is 4.35. The Bertz CT molecular complexity index is 656. The van der Waals surface area contributed by atoms with Crippen LogP contribution in [0.5, 0.6) is 0 Å². The standard InChI is InChI=1S/C19H21ClN2/c1-15-5-8-17(13-19(15)20)21-14-16-6-9-18(10-7-16)22-11-3-2-4-12-22/h5-10,13-14H,2-4,11-12H2,1H3. The molecule has 0 amide bonds. The molecule has 1 aliphatic rings. The van der Waals surface area contributed by atoms with Crippen molar-refractivity contribution in [1.29, 1.82) is 0 Å². The molecule has 0 saturated carbocycles. The molecule has 3 rings (SSSR count). The summed E-state index contributed by atoms with van der Waals surface area (Å²) < 4.78 is 0. The monoisotopic (exact) mass is 312 g/mol. The molecule has 22 heavy (non-hydrogen) atoms. The fraction of sp³-hybridized carbons (Fsp3) is 0.316. The maximum absolute atomic E-state index is 6.12. The zero-order valence-corrected chi connectivity index (χ0v) is 13.7. The van der Waals surface area contributed by atoms with Crippen molar-refractivity contribution >= 4 is 29.2 Å². The first-order chi connectivity index (χ1) is 10.7. The Morgan fingerprint density at radius 3 is 2.41 bits per heavy atom. The quantitative estimate of drug-likeness (QED) is 0.694. The second kappa shape index (κ2) is 6.97. The summed E-state index contributed by atoms with van der Waals surface area (Å²) in [5, 5.41) is 0.759. The van der Waals surface area contributed by atoms with Crippen molar-refractivity contribution in [2.24, 2.45) is 4.99 Å². The second-order valence-corrected chi connectivity index (χ2v) is 6.24. The zero-order valence-electron chi connectivity index (χ0n) is 12.9. The Labute approximate surface area is 137 Å². The fourth-order valence-corrected chi connectivity index (χ4v) is 2.91. The fourth-order valence-electron chi connectivity index (χ4n) is 2.73. The molecule has 1 saturated heterocycles. The highest BCUT2D eigenvalue weighted by Crippen LogP contribution is 2.23. The minimum absolute atomic E-state index is 0.759. The van der Waals surface area contributed by atoms with Crippen molar-refractivity contribution in [3.05, 3.63) is 58.6 Å². The molecule has 2 nitrogen and oxygen atoms in total. The lowest BCUT2D eigenvalue weighted by atomic mass is 10.1. The normalized spacial score (nSPS) is 15.5. The zero-order chi connectivity index (χ0) is 15.4. The van der Waals surface area contributed by atoms with Crippen LogP contribution in [0.3, 0.4) is 0 Å². The van der Waals surface area contributed by atoms with Gasteiger partial charge in [-0.05, 0) is 61.6 Å². The van der Waals surface area contributed by atoms with E-state index in [1.54, 1.807) is 0 Å². The van der Waals surface area contributed by atoms with Crippen LogP contribution in [0.25, 0.3) is 0 Å². The van der Waals surface area contributed by atoms with Crippen LogP contribution in [0.4, 0.5) is 11.4 Å². The molecule has 0 radical (unpaired) electrons. The van der Waals surface area contributed by atoms with Crippen LogP contribution >= 0.6 is 11.6 Å². The number of anilines is 1. The van der Waals surface area contributed by atoms with Crippen molar-refractivity contribution in [3.8, 4) is 0 Å². The first kappa shape index (κ1) is 15.1. The molecule has 3 heteroatoms. The average molecular weight is 313 g/mol. The van der Waals surface area contributed by atoms with Gasteiger partial charge in [0.2, 0.25) is 0 Å². The number of piperidine rings is 1. The van der Waals surface area contributed by atoms with Crippen LogP contribution in [0, 0.1) is 6.92 Å². The predicted molar refractivity (Wildman–Crippen MR) is 95.9 cm³/mol. The SMILES string of the molecule is Cc1ccc(N=Cc2ccc(N3CCCCC3)cc2)cc1Cl. The third-order valence-electron chi connectivity index (χ3n) is 4.13. The van der Waals surface area contributed by atoms with Gasteiger partial charge in [0.05, 0.1) is 5.69 Å². The summed E-state index contributed by atoms with van der Waals surface area (Å²) in [5.41, 5.74) is 4.38. The molecule has 2 aromatic carbocycles. The lowest BCUT2D eigenvalue weighted by molar-refractivity contribution is 0.578. The van der Waals surface area contributed by atoms with E-state index in [1.165, 1.54) is 38.0 Å². The van der Waals surface area contributed by atoms with E-state index >= 15 is 0 Å². The summed E-state index contributed by atoms with van der Waals surface area (Å²) >= 11 is 6.12. The van der Waals surface area contributed by atoms with Gasteiger partial charge in [-0.15, -0.1) is 0 Å². The molecule has 0 unspecified atom stereocenters. The van der Waals surface area contributed by atoms with E-state index < -0.39 is 0 Å². The van der Waals surface area contributed by atoms with Gasteiger partial charge >= 0.3 is 0 Å². The van der Waals surface area contributed by atoms with E-state index in [1.807, 2.05) is 31.3 Å². The van der Waals surface area contributed by atoms with Gasteiger partial charge in [-0.1, -0.05) is 29.8 Å². The van der Waals surface area contributed by atoms with E-state index in [-0.39, 0.29) is 0 Å². The molecule has 1 fully saturated rings. The van der Waals surface area contributed by atoms with Crippen LogP contribution < -0.4 is 4.90 Å². The molecular formula is C19H21ClN2. The van der Waals surface area contributed by atoms with Gasteiger partial charge in [-0.2, -0.15) is 0 Å². The number of nitrogens with zero attached hydrogens (tertiary/aromatic N) is 2. The molecule has 114 valence electrons. The Kier molecular flexibility index (Phi) is 4.79. The Balaban J connectivity index is 1.69. The van der Waals surface area contributed by atoms with Crippen LogP contribution in [0.1, 0.15) is 30.4 Å². The maximum atomic E-state index is 6.12. The van der Waals surface area contributed by atoms with E-state index in [0.717, 1.165) is 21.8 Å². The Morgan fingerprint density at radius 2 is 1.73 bits per heavy atom. The average Bonchev–Trinajstić information content (AvgIpc) is 2.57.